The molecule has 11 nitrogen and oxygen atoms in total. The van der Waals surface area contributed by atoms with Gasteiger partial charge in [-0.15, -0.1) is 0 Å². The molecule has 0 radical (unpaired) electrons. The minimum atomic E-state index is -0.896. The van der Waals surface area contributed by atoms with Crippen LogP contribution in [-0.2, 0) is 9.53 Å². The molecule has 2 aromatic heterocycles. The summed E-state index contributed by atoms with van der Waals surface area (Å²) >= 11 is 0. The number of likely N-dealkylation sites (N-methyl/N-ethyl adjacent to an activating group) is 1. The summed E-state index contributed by atoms with van der Waals surface area (Å²) in [4.78, 5) is 27.9. The predicted molar refractivity (Wildman–Crippen MR) is 150 cm³/mol. The number of amides is 1. The third-order valence-corrected chi connectivity index (χ3v) is 7.48. The number of hydrogen-bond acceptors (Lipinski definition) is 10. The summed E-state index contributed by atoms with van der Waals surface area (Å²) in [6, 6.07) is 2.37. The highest BCUT2D eigenvalue weighted by atomic mass is 19.1. The summed E-state index contributed by atoms with van der Waals surface area (Å²) in [5.74, 6) is -1.80. The van der Waals surface area contributed by atoms with E-state index in [0.717, 1.165) is 25.5 Å². The van der Waals surface area contributed by atoms with Crippen molar-refractivity contribution in [3.8, 4) is 22.8 Å². The van der Waals surface area contributed by atoms with Crippen LogP contribution in [0.2, 0.25) is 0 Å². The molecule has 4 heterocycles. The molecule has 2 aliphatic heterocycles. The Morgan fingerprint density at radius 2 is 1.90 bits per heavy atom. The second-order valence-electron chi connectivity index (χ2n) is 10.0. The van der Waals surface area contributed by atoms with Crippen molar-refractivity contribution in [2.45, 2.75) is 31.0 Å². The first-order chi connectivity index (χ1) is 19.8. The molecule has 1 aromatic carbocycles. The Labute approximate surface area is 236 Å². The van der Waals surface area contributed by atoms with Gasteiger partial charge in [-0.3, -0.25) is 4.79 Å². The van der Waals surface area contributed by atoms with Gasteiger partial charge >= 0.3 is 0 Å². The van der Waals surface area contributed by atoms with Gasteiger partial charge in [0.15, 0.2) is 29.0 Å². The van der Waals surface area contributed by atoms with Crippen molar-refractivity contribution in [1.82, 2.24) is 25.2 Å². The monoisotopic (exact) mass is 569 g/mol. The molecule has 5 rings (SSSR count). The summed E-state index contributed by atoms with van der Waals surface area (Å²) in [7, 11) is 4.65. The molecule has 1 amide bonds. The Balaban J connectivity index is 1.55. The van der Waals surface area contributed by atoms with E-state index in [1.54, 1.807) is 6.20 Å². The van der Waals surface area contributed by atoms with Gasteiger partial charge in [0.25, 0.3) is 0 Å². The number of likely N-dealkylation sites (tertiary alicyclic amines) is 1. The van der Waals surface area contributed by atoms with E-state index in [9.17, 15) is 4.79 Å². The average Bonchev–Trinajstić information content (AvgIpc) is 3.59. The first-order valence-corrected chi connectivity index (χ1v) is 13.3. The standard InChI is InChI=1S/C28H33F2N7O4/c1-5-22(38)33-18-13-41-14-19(18)35-28-32-11-15-9-17(23-24(29)20(39-3)10-21(40-4)25(23)30)34-27(26(15)36-28)31-12-16-7-6-8-37(16)2/h5,9-11,16,18-19H,1,6-8,12-14H2,2-4H3,(H,31,34)(H,33,38)(H,32,35,36)/t16?,18-,19+/m0/s1. The number of hydrogen-bond donors (Lipinski definition) is 3. The zero-order chi connectivity index (χ0) is 29.1. The molecule has 3 aromatic rings. The highest BCUT2D eigenvalue weighted by molar-refractivity contribution is 5.92. The van der Waals surface area contributed by atoms with Gasteiger partial charge in [0, 0.05) is 30.2 Å². The van der Waals surface area contributed by atoms with Crippen LogP contribution in [0, 0.1) is 11.6 Å². The van der Waals surface area contributed by atoms with E-state index >= 15 is 8.78 Å². The number of anilines is 2. The van der Waals surface area contributed by atoms with Gasteiger partial charge in [0.1, 0.15) is 5.52 Å². The number of halogens is 2. The Bertz CT molecular complexity index is 1430. The van der Waals surface area contributed by atoms with Gasteiger partial charge in [0.05, 0.1) is 50.8 Å². The van der Waals surface area contributed by atoms with E-state index < -0.39 is 11.6 Å². The molecular formula is C28H33F2N7O4. The van der Waals surface area contributed by atoms with Crippen molar-refractivity contribution >= 4 is 28.6 Å². The van der Waals surface area contributed by atoms with Gasteiger partial charge in [-0.2, -0.15) is 0 Å². The number of ether oxygens (including phenoxy) is 3. The topological polar surface area (TPSA) is 123 Å². The fraction of sp³-hybridized carbons (Fsp3) is 0.429. The van der Waals surface area contributed by atoms with Crippen LogP contribution in [0.3, 0.4) is 0 Å². The molecule has 13 heteroatoms. The van der Waals surface area contributed by atoms with Crippen molar-refractivity contribution in [2.75, 3.05) is 58.2 Å². The van der Waals surface area contributed by atoms with E-state index in [2.05, 4.69) is 44.4 Å². The third-order valence-electron chi connectivity index (χ3n) is 7.48. The summed E-state index contributed by atoms with van der Waals surface area (Å²) in [6.07, 6.45) is 4.86. The highest BCUT2D eigenvalue weighted by Gasteiger charge is 2.30. The van der Waals surface area contributed by atoms with Gasteiger partial charge in [0.2, 0.25) is 11.9 Å². The number of carbonyl (C=O) groups is 1. The molecule has 0 bridgehead atoms. The van der Waals surface area contributed by atoms with Crippen LogP contribution in [0.4, 0.5) is 20.5 Å². The maximum Gasteiger partial charge on any atom is 0.243 e. The summed E-state index contributed by atoms with van der Waals surface area (Å²) < 4.78 is 46.6. The van der Waals surface area contributed by atoms with Crippen LogP contribution < -0.4 is 25.4 Å². The number of aromatic nitrogens is 3. The van der Waals surface area contributed by atoms with Crippen LogP contribution in [0.5, 0.6) is 11.5 Å². The van der Waals surface area contributed by atoms with Crippen molar-refractivity contribution < 1.29 is 27.8 Å². The maximum absolute atomic E-state index is 15.4. The Morgan fingerprint density at radius 1 is 1.17 bits per heavy atom. The second kappa shape index (κ2) is 12.2. The van der Waals surface area contributed by atoms with Crippen molar-refractivity contribution in [1.29, 1.82) is 0 Å². The predicted octanol–water partition coefficient (Wildman–Crippen LogP) is 2.97. The zero-order valence-electron chi connectivity index (χ0n) is 23.2. The largest absolute Gasteiger partial charge is 0.494 e. The average molecular weight is 570 g/mol. The number of nitrogens with one attached hydrogen (secondary N) is 3. The molecule has 3 atom stereocenters. The minimum absolute atomic E-state index is 0.0349. The normalized spacial score (nSPS) is 20.7. The van der Waals surface area contributed by atoms with Crippen molar-refractivity contribution in [3.05, 3.63) is 42.6 Å². The lowest BCUT2D eigenvalue weighted by atomic mass is 10.1. The lowest BCUT2D eigenvalue weighted by Gasteiger charge is -2.22. The molecule has 3 N–H and O–H groups in total. The quantitative estimate of drug-likeness (QED) is 0.314. The van der Waals surface area contributed by atoms with Crippen molar-refractivity contribution in [2.24, 2.45) is 0 Å². The second-order valence-corrected chi connectivity index (χ2v) is 10.0. The minimum Gasteiger partial charge on any atom is -0.494 e. The Kier molecular flexibility index (Phi) is 8.45. The molecule has 0 aliphatic carbocycles. The molecule has 2 aliphatic rings. The number of pyridine rings is 1. The molecule has 0 spiro atoms. The molecule has 218 valence electrons. The Hall–Kier alpha value is -4.10. The summed E-state index contributed by atoms with van der Waals surface area (Å²) in [5.41, 5.74) is 0.121. The van der Waals surface area contributed by atoms with E-state index in [-0.39, 0.29) is 46.8 Å². The van der Waals surface area contributed by atoms with Gasteiger partial charge in [-0.05, 0) is 38.6 Å². The highest BCUT2D eigenvalue weighted by Crippen LogP contribution is 2.38. The lowest BCUT2D eigenvalue weighted by molar-refractivity contribution is -0.117. The van der Waals surface area contributed by atoms with Crippen molar-refractivity contribution in [3.63, 3.8) is 0 Å². The van der Waals surface area contributed by atoms with E-state index in [1.807, 2.05) is 0 Å². The SMILES string of the molecule is C=CC(=O)N[C@H]1COC[C@H]1Nc1ncc2cc(-c3c(F)c(OC)cc(OC)c3F)nc(NCC3CCCN3C)c2n1. The van der Waals surface area contributed by atoms with Crippen LogP contribution >= 0.6 is 0 Å². The number of nitrogens with zero attached hydrogens (tertiary/aromatic N) is 4. The first kappa shape index (κ1) is 28.4. The smallest absolute Gasteiger partial charge is 0.243 e. The van der Waals surface area contributed by atoms with Crippen LogP contribution in [0.1, 0.15) is 12.8 Å². The number of fused-ring (bicyclic) bond motifs is 1. The van der Waals surface area contributed by atoms with Crippen LogP contribution in [0.15, 0.2) is 31.0 Å². The van der Waals surface area contributed by atoms with Gasteiger partial charge < -0.3 is 35.1 Å². The number of rotatable bonds is 10. The fourth-order valence-electron chi connectivity index (χ4n) is 5.17. The maximum atomic E-state index is 15.4. The Morgan fingerprint density at radius 3 is 2.56 bits per heavy atom. The summed E-state index contributed by atoms with van der Waals surface area (Å²) in [6.45, 7) is 5.72. The first-order valence-electron chi connectivity index (χ1n) is 13.3. The number of carbonyl (C=O) groups excluding carboxylic acids is 1. The molecule has 41 heavy (non-hydrogen) atoms. The third kappa shape index (κ3) is 5.86. The van der Waals surface area contributed by atoms with Gasteiger partial charge in [-0.25, -0.2) is 23.7 Å². The van der Waals surface area contributed by atoms with E-state index in [0.29, 0.717) is 42.4 Å². The molecular weight excluding hydrogens is 536 g/mol. The zero-order valence-corrected chi connectivity index (χ0v) is 23.2. The van der Waals surface area contributed by atoms with E-state index in [4.69, 9.17) is 19.2 Å². The fourth-order valence-corrected chi connectivity index (χ4v) is 5.17. The van der Waals surface area contributed by atoms with E-state index in [1.165, 1.54) is 26.4 Å². The van der Waals surface area contributed by atoms with Crippen LogP contribution in [0.25, 0.3) is 22.2 Å². The number of benzene rings is 1. The molecule has 2 fully saturated rings. The van der Waals surface area contributed by atoms with Crippen LogP contribution in [-0.4, -0.2) is 91.5 Å². The number of methoxy groups -OCH3 is 2. The van der Waals surface area contributed by atoms with Gasteiger partial charge in [-0.1, -0.05) is 6.58 Å². The summed E-state index contributed by atoms with van der Waals surface area (Å²) in [5, 5.41) is 9.94. The molecule has 2 saturated heterocycles. The lowest BCUT2D eigenvalue weighted by Crippen LogP contribution is -2.45. The molecule has 1 unspecified atom stereocenters. The molecule has 0 saturated carbocycles.